The smallest absolute Gasteiger partial charge is 0.243 e. The molecule has 1 aliphatic rings. The Morgan fingerprint density at radius 2 is 1.75 bits per heavy atom. The van der Waals surface area contributed by atoms with Crippen molar-refractivity contribution in [2.24, 2.45) is 0 Å². The number of nitrogens with zero attached hydrogens (tertiary/aromatic N) is 1. The maximum absolute atomic E-state index is 13.6. The average molecular weight is 475 g/mol. The van der Waals surface area contributed by atoms with E-state index < -0.39 is 6.04 Å². The molecule has 4 nitrogen and oxygen atoms in total. The zero-order valence-electron chi connectivity index (χ0n) is 19.1. The van der Waals surface area contributed by atoms with E-state index in [0.29, 0.717) is 22.0 Å². The molecular weight excluding hydrogens is 443 g/mol. The fourth-order valence-corrected chi connectivity index (χ4v) is 4.91. The number of nitrogens with one attached hydrogen (secondary N) is 1. The van der Waals surface area contributed by atoms with Gasteiger partial charge in [-0.3, -0.25) is 9.59 Å². The second-order valence-corrected chi connectivity index (χ2v) is 9.56. The van der Waals surface area contributed by atoms with Crippen LogP contribution in [0.15, 0.2) is 36.4 Å². The van der Waals surface area contributed by atoms with Crippen molar-refractivity contribution >= 4 is 35.0 Å². The Morgan fingerprint density at radius 1 is 1.09 bits per heavy atom. The fourth-order valence-electron chi connectivity index (χ4n) is 4.40. The van der Waals surface area contributed by atoms with Crippen molar-refractivity contribution in [3.05, 3.63) is 68.7 Å². The van der Waals surface area contributed by atoms with Crippen molar-refractivity contribution in [2.45, 2.75) is 77.9 Å². The van der Waals surface area contributed by atoms with E-state index in [-0.39, 0.29) is 30.8 Å². The lowest BCUT2D eigenvalue weighted by molar-refractivity contribution is -0.141. The Hall–Kier alpha value is -2.04. The third-order valence-electron chi connectivity index (χ3n) is 6.32. The van der Waals surface area contributed by atoms with Crippen LogP contribution in [-0.2, 0) is 22.6 Å². The van der Waals surface area contributed by atoms with Crippen molar-refractivity contribution in [3.8, 4) is 0 Å². The maximum Gasteiger partial charge on any atom is 0.243 e. The van der Waals surface area contributed by atoms with Gasteiger partial charge in [-0.15, -0.1) is 0 Å². The summed E-state index contributed by atoms with van der Waals surface area (Å²) in [6, 6.07) is 11.0. The van der Waals surface area contributed by atoms with Gasteiger partial charge in [0.15, 0.2) is 0 Å². The molecule has 0 bridgehead atoms. The molecule has 2 amide bonds. The minimum absolute atomic E-state index is 0.100. The van der Waals surface area contributed by atoms with Crippen LogP contribution in [0.2, 0.25) is 10.0 Å². The zero-order valence-corrected chi connectivity index (χ0v) is 20.6. The van der Waals surface area contributed by atoms with Crippen molar-refractivity contribution in [1.82, 2.24) is 10.2 Å². The molecule has 0 aliphatic heterocycles. The molecule has 1 atom stereocenters. The second-order valence-electron chi connectivity index (χ2n) is 8.74. The predicted molar refractivity (Wildman–Crippen MR) is 131 cm³/mol. The number of benzene rings is 2. The molecule has 2 aromatic carbocycles. The van der Waals surface area contributed by atoms with E-state index in [1.54, 1.807) is 23.1 Å². The van der Waals surface area contributed by atoms with Gasteiger partial charge in [-0.1, -0.05) is 72.8 Å². The summed E-state index contributed by atoms with van der Waals surface area (Å²) in [4.78, 5) is 28.5. The molecular formula is C26H32Cl2N2O2. The van der Waals surface area contributed by atoms with Crippen molar-refractivity contribution in [1.29, 1.82) is 0 Å². The first-order valence-corrected chi connectivity index (χ1v) is 12.1. The standard InChI is InChI=1S/C26H32Cl2N2O2/c1-4-24(26(32)29-20-8-5-6-9-20)30(16-21-22(27)10-7-11-23(21)28)25(31)15-19-14-17(2)12-13-18(19)3/h7,10-14,20,24H,4-6,8-9,15-16H2,1-3H3,(H,29,32)/t24-/m1/s1. The third kappa shape index (κ3) is 6.05. The van der Waals surface area contributed by atoms with Crippen LogP contribution in [-0.4, -0.2) is 28.8 Å². The molecule has 1 saturated carbocycles. The lowest BCUT2D eigenvalue weighted by Crippen LogP contribution is -2.51. The van der Waals surface area contributed by atoms with Gasteiger partial charge in [0.25, 0.3) is 0 Å². The van der Waals surface area contributed by atoms with Gasteiger partial charge in [-0.2, -0.15) is 0 Å². The molecule has 1 fully saturated rings. The Kier molecular flexibility index (Phi) is 8.61. The summed E-state index contributed by atoms with van der Waals surface area (Å²) in [5.74, 6) is -0.208. The van der Waals surface area contributed by atoms with Crippen LogP contribution >= 0.6 is 23.2 Å². The Balaban J connectivity index is 1.90. The normalized spacial score (nSPS) is 14.9. The molecule has 6 heteroatoms. The monoisotopic (exact) mass is 474 g/mol. The summed E-state index contributed by atoms with van der Waals surface area (Å²) in [5, 5.41) is 4.15. The highest BCUT2D eigenvalue weighted by Crippen LogP contribution is 2.28. The van der Waals surface area contributed by atoms with Crippen molar-refractivity contribution < 1.29 is 9.59 Å². The Labute approximate surface area is 201 Å². The molecule has 3 rings (SSSR count). The third-order valence-corrected chi connectivity index (χ3v) is 7.03. The number of amides is 2. The van der Waals surface area contributed by atoms with E-state index in [1.807, 2.05) is 39.0 Å². The molecule has 1 N–H and O–H groups in total. The molecule has 0 heterocycles. The molecule has 0 radical (unpaired) electrons. The molecule has 0 unspecified atom stereocenters. The number of rotatable bonds is 8. The van der Waals surface area contributed by atoms with Crippen LogP contribution in [0, 0.1) is 13.8 Å². The predicted octanol–water partition coefficient (Wildman–Crippen LogP) is 6.02. The van der Waals surface area contributed by atoms with Gasteiger partial charge in [0.05, 0.1) is 6.42 Å². The Morgan fingerprint density at radius 3 is 2.38 bits per heavy atom. The van der Waals surface area contributed by atoms with Crippen molar-refractivity contribution in [2.75, 3.05) is 0 Å². The lowest BCUT2D eigenvalue weighted by Gasteiger charge is -2.32. The maximum atomic E-state index is 13.6. The Bertz CT molecular complexity index is 950. The van der Waals surface area contributed by atoms with E-state index in [2.05, 4.69) is 5.32 Å². The highest BCUT2D eigenvalue weighted by Gasteiger charge is 2.31. The highest BCUT2D eigenvalue weighted by molar-refractivity contribution is 6.36. The first-order valence-electron chi connectivity index (χ1n) is 11.4. The van der Waals surface area contributed by atoms with E-state index in [1.165, 1.54) is 0 Å². The zero-order chi connectivity index (χ0) is 23.3. The van der Waals surface area contributed by atoms with Crippen LogP contribution in [0.3, 0.4) is 0 Å². The van der Waals surface area contributed by atoms with E-state index in [4.69, 9.17) is 23.2 Å². The molecule has 0 saturated heterocycles. The number of halogens is 2. The second kappa shape index (κ2) is 11.2. The van der Waals surface area contributed by atoms with Gasteiger partial charge in [-0.25, -0.2) is 0 Å². The quantitative estimate of drug-likeness (QED) is 0.508. The van der Waals surface area contributed by atoms with Crippen LogP contribution in [0.4, 0.5) is 0 Å². The topological polar surface area (TPSA) is 49.4 Å². The summed E-state index contributed by atoms with van der Waals surface area (Å²) < 4.78 is 0. The number of hydrogen-bond donors (Lipinski definition) is 1. The average Bonchev–Trinajstić information content (AvgIpc) is 3.25. The summed E-state index contributed by atoms with van der Waals surface area (Å²) in [5.41, 5.74) is 3.79. The number of hydrogen-bond acceptors (Lipinski definition) is 2. The van der Waals surface area contributed by atoms with E-state index >= 15 is 0 Å². The summed E-state index contributed by atoms with van der Waals surface area (Å²) in [6.45, 7) is 6.14. The lowest BCUT2D eigenvalue weighted by atomic mass is 10.0. The molecule has 1 aliphatic carbocycles. The summed E-state index contributed by atoms with van der Waals surface area (Å²) in [6.07, 6.45) is 4.99. The first-order chi connectivity index (χ1) is 15.3. The van der Waals surface area contributed by atoms with Crippen LogP contribution in [0.1, 0.15) is 61.3 Å². The molecule has 172 valence electrons. The van der Waals surface area contributed by atoms with Gasteiger partial charge in [-0.05, 0) is 56.4 Å². The fraction of sp³-hybridized carbons (Fsp3) is 0.462. The number of carbonyl (C=O) groups excluding carboxylic acids is 2. The van der Waals surface area contributed by atoms with Crippen LogP contribution < -0.4 is 5.32 Å². The molecule has 2 aromatic rings. The highest BCUT2D eigenvalue weighted by atomic mass is 35.5. The minimum atomic E-state index is -0.583. The van der Waals surface area contributed by atoms with Crippen LogP contribution in [0.25, 0.3) is 0 Å². The van der Waals surface area contributed by atoms with Crippen molar-refractivity contribution in [3.63, 3.8) is 0 Å². The number of carbonyl (C=O) groups is 2. The number of aryl methyl sites for hydroxylation is 2. The SMILES string of the molecule is CC[C@H](C(=O)NC1CCCC1)N(Cc1c(Cl)cccc1Cl)C(=O)Cc1cc(C)ccc1C. The minimum Gasteiger partial charge on any atom is -0.352 e. The molecule has 32 heavy (non-hydrogen) atoms. The van der Waals surface area contributed by atoms with Gasteiger partial charge in [0.1, 0.15) is 6.04 Å². The van der Waals surface area contributed by atoms with Gasteiger partial charge >= 0.3 is 0 Å². The molecule has 0 spiro atoms. The van der Waals surface area contributed by atoms with Crippen LogP contribution in [0.5, 0.6) is 0 Å². The van der Waals surface area contributed by atoms with Gasteiger partial charge in [0, 0.05) is 28.2 Å². The van der Waals surface area contributed by atoms with Gasteiger partial charge in [0.2, 0.25) is 11.8 Å². The summed E-state index contributed by atoms with van der Waals surface area (Å²) >= 11 is 12.9. The summed E-state index contributed by atoms with van der Waals surface area (Å²) in [7, 11) is 0. The van der Waals surface area contributed by atoms with E-state index in [0.717, 1.165) is 42.4 Å². The van der Waals surface area contributed by atoms with Gasteiger partial charge < -0.3 is 10.2 Å². The largest absolute Gasteiger partial charge is 0.352 e. The van der Waals surface area contributed by atoms with E-state index in [9.17, 15) is 9.59 Å². The first kappa shape index (κ1) is 24.6. The molecule has 0 aromatic heterocycles.